The van der Waals surface area contributed by atoms with E-state index in [4.69, 9.17) is 16.6 Å². The van der Waals surface area contributed by atoms with Crippen LogP contribution in [0.1, 0.15) is 11.3 Å². The summed E-state index contributed by atoms with van der Waals surface area (Å²) < 4.78 is 0. The number of halogens is 1. The van der Waals surface area contributed by atoms with Gasteiger partial charge in [0.15, 0.2) is 5.13 Å². The summed E-state index contributed by atoms with van der Waals surface area (Å²) in [6.07, 6.45) is 0.850. The monoisotopic (exact) mass is 293 g/mol. The van der Waals surface area contributed by atoms with Crippen molar-refractivity contribution in [3.63, 3.8) is 0 Å². The summed E-state index contributed by atoms with van der Waals surface area (Å²) in [6.45, 7) is 4.18. The molecule has 5 heteroatoms. The molecule has 0 aliphatic carbocycles. The number of hydrogen-bond donors (Lipinski definition) is 1. The minimum Gasteiger partial charge on any atom is -0.346 e. The number of benzene rings is 1. The smallest absolute Gasteiger partial charge is 0.185 e. The van der Waals surface area contributed by atoms with Gasteiger partial charge in [-0.15, -0.1) is 11.3 Å². The first-order valence-corrected chi connectivity index (χ1v) is 7.71. The molecule has 0 radical (unpaired) electrons. The Labute approximate surface area is 122 Å². The number of rotatable bonds is 3. The predicted octanol–water partition coefficient (Wildman–Crippen LogP) is 2.80. The molecule has 3 nitrogen and oxygen atoms in total. The Hall–Kier alpha value is -1.10. The zero-order chi connectivity index (χ0) is 13.1. The van der Waals surface area contributed by atoms with Gasteiger partial charge in [-0.05, 0) is 17.7 Å². The maximum absolute atomic E-state index is 6.01. The molecule has 1 saturated heterocycles. The molecule has 3 rings (SSSR count). The maximum Gasteiger partial charge on any atom is 0.185 e. The third kappa shape index (κ3) is 3.26. The van der Waals surface area contributed by atoms with Gasteiger partial charge in [0.25, 0.3) is 0 Å². The van der Waals surface area contributed by atoms with Crippen LogP contribution >= 0.6 is 22.9 Å². The molecule has 100 valence electrons. The van der Waals surface area contributed by atoms with Gasteiger partial charge in [-0.2, -0.15) is 0 Å². The van der Waals surface area contributed by atoms with Gasteiger partial charge in [0.05, 0.1) is 5.69 Å². The molecule has 1 N–H and O–H groups in total. The highest BCUT2D eigenvalue weighted by Crippen LogP contribution is 2.23. The molecule has 0 spiro atoms. The van der Waals surface area contributed by atoms with Gasteiger partial charge in [-0.3, -0.25) is 0 Å². The van der Waals surface area contributed by atoms with Crippen LogP contribution in [0, 0.1) is 0 Å². The number of aromatic nitrogens is 1. The molecular formula is C14H16ClN3S. The second-order valence-electron chi connectivity index (χ2n) is 4.67. The molecule has 2 heterocycles. The lowest BCUT2D eigenvalue weighted by Crippen LogP contribution is -2.43. The Kier molecular flexibility index (Phi) is 4.01. The SMILES string of the molecule is Clc1cccc(Cc2csc(N3CCNCC3)n2)c1. The van der Waals surface area contributed by atoms with Crippen LogP contribution in [-0.2, 0) is 6.42 Å². The highest BCUT2D eigenvalue weighted by atomic mass is 35.5. The Morgan fingerprint density at radius 1 is 1.32 bits per heavy atom. The van der Waals surface area contributed by atoms with E-state index in [2.05, 4.69) is 21.7 Å². The van der Waals surface area contributed by atoms with Gasteiger partial charge in [0.2, 0.25) is 0 Å². The molecule has 19 heavy (non-hydrogen) atoms. The Bertz CT molecular complexity index is 549. The van der Waals surface area contributed by atoms with Crippen molar-refractivity contribution in [1.29, 1.82) is 0 Å². The molecular weight excluding hydrogens is 278 g/mol. The van der Waals surface area contributed by atoms with Gasteiger partial charge >= 0.3 is 0 Å². The Morgan fingerprint density at radius 3 is 2.95 bits per heavy atom. The third-order valence-electron chi connectivity index (χ3n) is 3.20. The van der Waals surface area contributed by atoms with Crippen molar-refractivity contribution in [2.75, 3.05) is 31.1 Å². The summed E-state index contributed by atoms with van der Waals surface area (Å²) in [5.41, 5.74) is 2.34. The fraction of sp³-hybridized carbons (Fsp3) is 0.357. The normalized spacial score (nSPS) is 15.7. The van der Waals surface area contributed by atoms with Gasteiger partial charge in [0, 0.05) is 43.0 Å². The molecule has 1 aromatic heterocycles. The van der Waals surface area contributed by atoms with Crippen molar-refractivity contribution < 1.29 is 0 Å². The van der Waals surface area contributed by atoms with Crippen molar-refractivity contribution in [3.05, 3.63) is 45.9 Å². The van der Waals surface area contributed by atoms with E-state index in [-0.39, 0.29) is 0 Å². The van der Waals surface area contributed by atoms with E-state index in [0.29, 0.717) is 0 Å². The van der Waals surface area contributed by atoms with E-state index in [0.717, 1.165) is 48.4 Å². The minimum atomic E-state index is 0.787. The molecule has 0 unspecified atom stereocenters. The van der Waals surface area contributed by atoms with E-state index in [9.17, 15) is 0 Å². The first-order chi connectivity index (χ1) is 9.31. The van der Waals surface area contributed by atoms with E-state index in [1.807, 2.05) is 18.2 Å². The van der Waals surface area contributed by atoms with Crippen molar-refractivity contribution in [3.8, 4) is 0 Å². The zero-order valence-corrected chi connectivity index (χ0v) is 12.2. The quantitative estimate of drug-likeness (QED) is 0.943. The molecule has 1 aromatic carbocycles. The molecule has 1 fully saturated rings. The molecule has 0 saturated carbocycles. The Balaban J connectivity index is 1.70. The van der Waals surface area contributed by atoms with Crippen molar-refractivity contribution in [1.82, 2.24) is 10.3 Å². The minimum absolute atomic E-state index is 0.787. The van der Waals surface area contributed by atoms with Crippen LogP contribution in [0.3, 0.4) is 0 Å². The van der Waals surface area contributed by atoms with Gasteiger partial charge < -0.3 is 10.2 Å². The number of piperazine rings is 1. The largest absolute Gasteiger partial charge is 0.346 e. The average molecular weight is 294 g/mol. The van der Waals surface area contributed by atoms with Crippen LogP contribution < -0.4 is 10.2 Å². The van der Waals surface area contributed by atoms with Crippen molar-refractivity contribution >= 4 is 28.1 Å². The van der Waals surface area contributed by atoms with E-state index in [1.165, 1.54) is 5.56 Å². The lowest BCUT2D eigenvalue weighted by Gasteiger charge is -2.26. The summed E-state index contributed by atoms with van der Waals surface area (Å²) in [7, 11) is 0. The predicted molar refractivity (Wildman–Crippen MR) is 81.5 cm³/mol. The first-order valence-electron chi connectivity index (χ1n) is 6.46. The van der Waals surface area contributed by atoms with Crippen molar-refractivity contribution in [2.45, 2.75) is 6.42 Å². The summed E-state index contributed by atoms with van der Waals surface area (Å²) in [5, 5.41) is 7.43. The fourth-order valence-corrected chi connectivity index (χ4v) is 3.33. The van der Waals surface area contributed by atoms with Crippen LogP contribution in [0.15, 0.2) is 29.6 Å². The van der Waals surface area contributed by atoms with Crippen LogP contribution in [-0.4, -0.2) is 31.2 Å². The fourth-order valence-electron chi connectivity index (χ4n) is 2.23. The number of hydrogen-bond acceptors (Lipinski definition) is 4. The highest BCUT2D eigenvalue weighted by molar-refractivity contribution is 7.13. The number of anilines is 1. The topological polar surface area (TPSA) is 28.2 Å². The van der Waals surface area contributed by atoms with E-state index in [1.54, 1.807) is 11.3 Å². The maximum atomic E-state index is 6.01. The zero-order valence-electron chi connectivity index (χ0n) is 10.6. The molecule has 2 aromatic rings. The lowest BCUT2D eigenvalue weighted by atomic mass is 10.1. The number of nitrogens with one attached hydrogen (secondary N) is 1. The van der Waals surface area contributed by atoms with Gasteiger partial charge in [-0.25, -0.2) is 4.98 Å². The molecule has 1 aliphatic heterocycles. The lowest BCUT2D eigenvalue weighted by molar-refractivity contribution is 0.588. The standard InChI is InChI=1S/C14H16ClN3S/c15-12-3-1-2-11(8-12)9-13-10-19-14(17-13)18-6-4-16-5-7-18/h1-3,8,10,16H,4-7,9H2. The van der Waals surface area contributed by atoms with Crippen molar-refractivity contribution in [2.24, 2.45) is 0 Å². The first kappa shape index (κ1) is 12.9. The Morgan fingerprint density at radius 2 is 2.16 bits per heavy atom. The summed E-state index contributed by atoms with van der Waals surface area (Å²) >= 11 is 7.74. The van der Waals surface area contributed by atoms with Crippen LogP contribution in [0.25, 0.3) is 0 Å². The molecule has 0 bridgehead atoms. The number of nitrogens with zero attached hydrogens (tertiary/aromatic N) is 2. The number of thiazole rings is 1. The second kappa shape index (κ2) is 5.90. The highest BCUT2D eigenvalue weighted by Gasteiger charge is 2.13. The third-order valence-corrected chi connectivity index (χ3v) is 4.39. The average Bonchev–Trinajstić information content (AvgIpc) is 2.88. The molecule has 1 aliphatic rings. The van der Waals surface area contributed by atoms with Gasteiger partial charge in [0.1, 0.15) is 0 Å². The van der Waals surface area contributed by atoms with Crippen LogP contribution in [0.4, 0.5) is 5.13 Å². The van der Waals surface area contributed by atoms with E-state index < -0.39 is 0 Å². The summed E-state index contributed by atoms with van der Waals surface area (Å²) in [5.74, 6) is 0. The molecule has 0 amide bonds. The second-order valence-corrected chi connectivity index (χ2v) is 5.94. The van der Waals surface area contributed by atoms with Gasteiger partial charge in [-0.1, -0.05) is 23.7 Å². The summed E-state index contributed by atoms with van der Waals surface area (Å²) in [4.78, 5) is 7.08. The van der Waals surface area contributed by atoms with Crippen LogP contribution in [0.5, 0.6) is 0 Å². The summed E-state index contributed by atoms with van der Waals surface area (Å²) in [6, 6.07) is 7.99. The van der Waals surface area contributed by atoms with Crippen LogP contribution in [0.2, 0.25) is 5.02 Å². The molecule has 0 atom stereocenters. The van der Waals surface area contributed by atoms with E-state index >= 15 is 0 Å².